The average molecular weight is 170 g/mol. The lowest BCUT2D eigenvalue weighted by Crippen LogP contribution is -2.33. The Labute approximate surface area is 74.3 Å². The number of carbonyl (C=O) groups excluding carboxylic acids is 1. The molecule has 0 spiro atoms. The quantitative estimate of drug-likeness (QED) is 0.602. The Hall–Kier alpha value is -0.370. The van der Waals surface area contributed by atoms with Gasteiger partial charge in [-0.1, -0.05) is 20.8 Å². The van der Waals surface area contributed by atoms with E-state index in [1.165, 1.54) is 0 Å². The summed E-state index contributed by atoms with van der Waals surface area (Å²) in [6.45, 7) is 7.39. The van der Waals surface area contributed by atoms with Crippen LogP contribution in [0.3, 0.4) is 0 Å². The maximum absolute atomic E-state index is 11.7. The molecule has 0 bridgehead atoms. The number of carbonyl (C=O) groups is 1. The van der Waals surface area contributed by atoms with Crippen molar-refractivity contribution in [1.29, 1.82) is 0 Å². The van der Waals surface area contributed by atoms with Crippen molar-refractivity contribution < 1.29 is 9.53 Å². The summed E-state index contributed by atoms with van der Waals surface area (Å²) in [5, 5.41) is 0. The molecule has 2 nitrogen and oxygen atoms in total. The topological polar surface area (TPSA) is 26.3 Å². The molecule has 0 N–H and O–H groups in total. The van der Waals surface area contributed by atoms with Crippen molar-refractivity contribution in [2.24, 2.45) is 11.3 Å². The molecule has 1 atom stereocenters. The summed E-state index contributed by atoms with van der Waals surface area (Å²) >= 11 is 0. The highest BCUT2D eigenvalue weighted by molar-refractivity contribution is 5.86. The van der Waals surface area contributed by atoms with Crippen molar-refractivity contribution in [2.45, 2.75) is 33.6 Å². The third kappa shape index (κ3) is 2.31. The van der Waals surface area contributed by atoms with Gasteiger partial charge in [-0.05, 0) is 12.8 Å². The largest absolute Gasteiger partial charge is 0.381 e. The van der Waals surface area contributed by atoms with E-state index in [9.17, 15) is 4.79 Å². The van der Waals surface area contributed by atoms with E-state index >= 15 is 0 Å². The Morgan fingerprint density at radius 2 is 2.08 bits per heavy atom. The number of ether oxygens (including phenoxy) is 1. The molecule has 0 aromatic rings. The van der Waals surface area contributed by atoms with Gasteiger partial charge in [-0.15, -0.1) is 0 Å². The Balaban J connectivity index is 2.51. The smallest absolute Gasteiger partial charge is 0.143 e. The Bertz CT molecular complexity index is 161. The van der Waals surface area contributed by atoms with Crippen LogP contribution in [0, 0.1) is 11.3 Å². The molecular formula is C10H18O2. The van der Waals surface area contributed by atoms with Crippen molar-refractivity contribution in [2.75, 3.05) is 13.2 Å². The SMILES string of the molecule is CC(C)(C)C(=O)C1CCCOC1. The molecule has 2 heteroatoms. The van der Waals surface area contributed by atoms with Gasteiger partial charge < -0.3 is 4.74 Å². The van der Waals surface area contributed by atoms with Gasteiger partial charge in [-0.2, -0.15) is 0 Å². The molecule has 1 rings (SSSR count). The molecule has 1 aliphatic rings. The molecule has 1 aliphatic heterocycles. The molecular weight excluding hydrogens is 152 g/mol. The molecule has 70 valence electrons. The number of rotatable bonds is 1. The van der Waals surface area contributed by atoms with E-state index in [2.05, 4.69) is 0 Å². The third-order valence-corrected chi connectivity index (χ3v) is 2.27. The van der Waals surface area contributed by atoms with Crippen LogP contribution >= 0.6 is 0 Å². The summed E-state index contributed by atoms with van der Waals surface area (Å²) in [5.41, 5.74) is -0.203. The van der Waals surface area contributed by atoms with Crippen molar-refractivity contribution >= 4 is 5.78 Å². The fourth-order valence-electron chi connectivity index (χ4n) is 1.56. The van der Waals surface area contributed by atoms with E-state index in [1.807, 2.05) is 20.8 Å². The van der Waals surface area contributed by atoms with E-state index in [0.717, 1.165) is 19.4 Å². The minimum Gasteiger partial charge on any atom is -0.381 e. The van der Waals surface area contributed by atoms with E-state index < -0.39 is 0 Å². The molecule has 0 aliphatic carbocycles. The first-order chi connectivity index (χ1) is 5.52. The molecule has 0 amide bonds. The lowest BCUT2D eigenvalue weighted by Gasteiger charge is -2.27. The average Bonchev–Trinajstić information content (AvgIpc) is 2.03. The van der Waals surface area contributed by atoms with Crippen LogP contribution < -0.4 is 0 Å². The molecule has 1 fully saturated rings. The van der Waals surface area contributed by atoms with Crippen LogP contribution in [0.4, 0.5) is 0 Å². The van der Waals surface area contributed by atoms with Crippen LogP contribution in [-0.2, 0) is 9.53 Å². The third-order valence-electron chi connectivity index (χ3n) is 2.27. The number of ketones is 1. The maximum Gasteiger partial charge on any atom is 0.143 e. The summed E-state index contributed by atoms with van der Waals surface area (Å²) < 4.78 is 5.28. The fourth-order valence-corrected chi connectivity index (χ4v) is 1.56. The van der Waals surface area contributed by atoms with Gasteiger partial charge in [0, 0.05) is 17.9 Å². The molecule has 1 saturated heterocycles. The molecule has 0 aromatic heterocycles. The second-order valence-electron chi connectivity index (χ2n) is 4.53. The number of hydrogen-bond acceptors (Lipinski definition) is 2. The van der Waals surface area contributed by atoms with Gasteiger partial charge in [0.25, 0.3) is 0 Å². The molecule has 1 heterocycles. The Morgan fingerprint density at radius 1 is 1.42 bits per heavy atom. The molecule has 0 aromatic carbocycles. The van der Waals surface area contributed by atoms with Crippen LogP contribution in [-0.4, -0.2) is 19.0 Å². The highest BCUT2D eigenvalue weighted by atomic mass is 16.5. The lowest BCUT2D eigenvalue weighted by atomic mass is 9.81. The standard InChI is InChI=1S/C10H18O2/c1-10(2,3)9(11)8-5-4-6-12-7-8/h8H,4-7H2,1-3H3. The van der Waals surface area contributed by atoms with Crippen LogP contribution in [0.15, 0.2) is 0 Å². The fraction of sp³-hybridized carbons (Fsp3) is 0.900. The predicted octanol–water partition coefficient (Wildman–Crippen LogP) is 2.03. The van der Waals surface area contributed by atoms with Crippen molar-refractivity contribution in [3.8, 4) is 0 Å². The van der Waals surface area contributed by atoms with Crippen LogP contribution in [0.1, 0.15) is 33.6 Å². The summed E-state index contributed by atoms with van der Waals surface area (Å²) in [4.78, 5) is 11.7. The summed E-state index contributed by atoms with van der Waals surface area (Å²) in [6, 6.07) is 0. The van der Waals surface area contributed by atoms with Gasteiger partial charge in [-0.3, -0.25) is 4.79 Å². The first-order valence-electron chi connectivity index (χ1n) is 4.64. The molecule has 1 unspecified atom stereocenters. The van der Waals surface area contributed by atoms with Gasteiger partial charge in [0.2, 0.25) is 0 Å². The Kier molecular flexibility index (Phi) is 2.89. The van der Waals surface area contributed by atoms with Gasteiger partial charge in [0.15, 0.2) is 0 Å². The minimum absolute atomic E-state index is 0.152. The van der Waals surface area contributed by atoms with Crippen LogP contribution in [0.25, 0.3) is 0 Å². The van der Waals surface area contributed by atoms with Gasteiger partial charge in [0.05, 0.1) is 6.61 Å². The predicted molar refractivity (Wildman–Crippen MR) is 48.0 cm³/mol. The van der Waals surface area contributed by atoms with Crippen LogP contribution in [0.5, 0.6) is 0 Å². The van der Waals surface area contributed by atoms with E-state index in [0.29, 0.717) is 12.4 Å². The first-order valence-corrected chi connectivity index (χ1v) is 4.64. The van der Waals surface area contributed by atoms with Crippen molar-refractivity contribution in [3.05, 3.63) is 0 Å². The molecule has 12 heavy (non-hydrogen) atoms. The van der Waals surface area contributed by atoms with E-state index in [4.69, 9.17) is 4.74 Å². The van der Waals surface area contributed by atoms with Gasteiger partial charge in [-0.25, -0.2) is 0 Å². The zero-order valence-corrected chi connectivity index (χ0v) is 8.22. The maximum atomic E-state index is 11.7. The monoisotopic (exact) mass is 170 g/mol. The molecule has 0 saturated carbocycles. The van der Waals surface area contributed by atoms with Crippen molar-refractivity contribution in [3.63, 3.8) is 0 Å². The van der Waals surface area contributed by atoms with Gasteiger partial charge >= 0.3 is 0 Å². The zero-order chi connectivity index (χ0) is 9.19. The normalized spacial score (nSPS) is 25.4. The lowest BCUT2D eigenvalue weighted by molar-refractivity contribution is -0.134. The summed E-state index contributed by atoms with van der Waals surface area (Å²) in [5.74, 6) is 0.501. The second kappa shape index (κ2) is 3.56. The Morgan fingerprint density at radius 3 is 2.50 bits per heavy atom. The highest BCUT2D eigenvalue weighted by Gasteiger charge is 2.30. The molecule has 0 radical (unpaired) electrons. The van der Waals surface area contributed by atoms with Crippen molar-refractivity contribution in [1.82, 2.24) is 0 Å². The van der Waals surface area contributed by atoms with E-state index in [1.54, 1.807) is 0 Å². The summed E-state index contributed by atoms with van der Waals surface area (Å²) in [7, 11) is 0. The number of Topliss-reactive ketones (excluding diaryl/α,β-unsaturated/α-hetero) is 1. The minimum atomic E-state index is -0.203. The number of hydrogen-bond donors (Lipinski definition) is 0. The highest BCUT2D eigenvalue weighted by Crippen LogP contribution is 2.25. The van der Waals surface area contributed by atoms with Gasteiger partial charge in [0.1, 0.15) is 5.78 Å². The zero-order valence-electron chi connectivity index (χ0n) is 8.22. The summed E-state index contributed by atoms with van der Waals surface area (Å²) in [6.07, 6.45) is 2.04. The second-order valence-corrected chi connectivity index (χ2v) is 4.53. The van der Waals surface area contributed by atoms with Crippen LogP contribution in [0.2, 0.25) is 0 Å². The van der Waals surface area contributed by atoms with E-state index in [-0.39, 0.29) is 11.3 Å². The first kappa shape index (κ1) is 9.72.